The van der Waals surface area contributed by atoms with Gasteiger partial charge in [0.05, 0.1) is 31.0 Å². The Bertz CT molecular complexity index is 1060. The topological polar surface area (TPSA) is 89.6 Å². The van der Waals surface area contributed by atoms with Gasteiger partial charge in [0.15, 0.2) is 0 Å². The molecular formula is C25H31Cl2N3O4. The lowest BCUT2D eigenvalue weighted by molar-refractivity contribution is 0.0888. The fourth-order valence-electron chi connectivity index (χ4n) is 3.38. The number of hydrogen-bond acceptors (Lipinski definition) is 6. The molecule has 0 aliphatic carbocycles. The zero-order valence-corrected chi connectivity index (χ0v) is 21.1. The zero-order valence-electron chi connectivity index (χ0n) is 19.6. The van der Waals surface area contributed by atoms with E-state index >= 15 is 0 Å². The first-order valence-electron chi connectivity index (χ1n) is 11.1. The Morgan fingerprint density at radius 3 is 2.38 bits per heavy atom. The van der Waals surface area contributed by atoms with E-state index in [0.29, 0.717) is 34.7 Å². The van der Waals surface area contributed by atoms with Crippen molar-refractivity contribution in [2.75, 3.05) is 19.1 Å². The Kier molecular flexibility index (Phi) is 9.19. The van der Waals surface area contributed by atoms with Gasteiger partial charge >= 0.3 is 0 Å². The Morgan fingerprint density at radius 2 is 1.76 bits per heavy atom. The van der Waals surface area contributed by atoms with Gasteiger partial charge in [0.25, 0.3) is 0 Å². The van der Waals surface area contributed by atoms with Crippen molar-refractivity contribution in [3.05, 3.63) is 70.5 Å². The lowest BCUT2D eigenvalue weighted by atomic mass is 9.78. The van der Waals surface area contributed by atoms with Crippen molar-refractivity contribution in [1.29, 1.82) is 0 Å². The Labute approximate surface area is 210 Å². The molecule has 3 rings (SSSR count). The minimum atomic E-state index is -0.764. The Balaban J connectivity index is 1.59. The summed E-state index contributed by atoms with van der Waals surface area (Å²) in [5.74, 6) is 2.09. The summed E-state index contributed by atoms with van der Waals surface area (Å²) in [6.07, 6.45) is 0.825. The van der Waals surface area contributed by atoms with Gasteiger partial charge in [-0.2, -0.15) is 0 Å². The molecule has 0 fully saturated rings. The fourth-order valence-corrected chi connectivity index (χ4v) is 3.70. The highest BCUT2D eigenvalue weighted by Crippen LogP contribution is 2.36. The predicted octanol–water partition coefficient (Wildman–Crippen LogP) is 4.44. The lowest BCUT2D eigenvalue weighted by Crippen LogP contribution is -2.24. The molecule has 7 nitrogen and oxygen atoms in total. The van der Waals surface area contributed by atoms with Gasteiger partial charge in [0.2, 0.25) is 0 Å². The van der Waals surface area contributed by atoms with Crippen molar-refractivity contribution >= 4 is 23.2 Å². The largest absolute Gasteiger partial charge is 0.492 e. The second kappa shape index (κ2) is 11.9. The maximum Gasteiger partial charge on any atom is 0.137 e. The second-order valence-corrected chi connectivity index (χ2v) is 9.64. The van der Waals surface area contributed by atoms with Crippen LogP contribution in [-0.4, -0.2) is 50.4 Å². The van der Waals surface area contributed by atoms with E-state index in [2.05, 4.69) is 24.2 Å². The third kappa shape index (κ3) is 6.85. The molecule has 0 aliphatic rings. The number of benzene rings is 2. The third-order valence-electron chi connectivity index (χ3n) is 5.60. The molecule has 0 amide bonds. The minimum Gasteiger partial charge on any atom is -0.492 e. The van der Waals surface area contributed by atoms with Crippen LogP contribution in [0.15, 0.2) is 48.7 Å². The molecule has 9 heteroatoms. The average molecular weight is 508 g/mol. The van der Waals surface area contributed by atoms with Crippen molar-refractivity contribution in [1.82, 2.24) is 15.0 Å². The molecule has 0 saturated carbocycles. The number of ether oxygens (including phenoxy) is 2. The van der Waals surface area contributed by atoms with Gasteiger partial charge in [-0.1, -0.05) is 55.8 Å². The van der Waals surface area contributed by atoms with Crippen LogP contribution in [0.25, 0.3) is 0 Å². The maximum absolute atomic E-state index is 10.2. The smallest absolute Gasteiger partial charge is 0.137 e. The summed E-state index contributed by atoms with van der Waals surface area (Å²) in [6.45, 7) is 6.95. The van der Waals surface area contributed by atoms with Crippen LogP contribution in [0, 0.1) is 5.92 Å². The molecule has 184 valence electrons. The molecule has 0 bridgehead atoms. The molecule has 1 aromatic heterocycles. The van der Waals surface area contributed by atoms with E-state index in [-0.39, 0.29) is 31.1 Å². The quantitative estimate of drug-likeness (QED) is 0.352. The SMILES string of the molecule is C[C@@H](CCl)COc1ccc(C(C)(C)c2ccc(OC[C@@H](O)Cn3cc(CO)nn3)cc2)cc1Cl. The Morgan fingerprint density at radius 1 is 1.06 bits per heavy atom. The molecule has 1 heterocycles. The van der Waals surface area contributed by atoms with Crippen LogP contribution in [0.4, 0.5) is 0 Å². The molecule has 3 aromatic rings. The van der Waals surface area contributed by atoms with Gasteiger partial charge in [-0.05, 0) is 35.4 Å². The molecule has 0 saturated heterocycles. The first-order chi connectivity index (χ1) is 16.2. The van der Waals surface area contributed by atoms with Crippen LogP contribution in [-0.2, 0) is 18.6 Å². The first kappa shape index (κ1) is 26.3. The van der Waals surface area contributed by atoms with Gasteiger partial charge in [-0.25, -0.2) is 4.68 Å². The van der Waals surface area contributed by atoms with Gasteiger partial charge in [0, 0.05) is 17.2 Å². The van der Waals surface area contributed by atoms with Crippen LogP contribution in [0.2, 0.25) is 5.02 Å². The minimum absolute atomic E-state index is 0.108. The summed E-state index contributed by atoms with van der Waals surface area (Å²) in [7, 11) is 0. The van der Waals surface area contributed by atoms with Crippen molar-refractivity contribution in [2.24, 2.45) is 5.92 Å². The van der Waals surface area contributed by atoms with E-state index in [4.69, 9.17) is 37.8 Å². The van der Waals surface area contributed by atoms with E-state index < -0.39 is 6.10 Å². The van der Waals surface area contributed by atoms with Crippen molar-refractivity contribution in [3.63, 3.8) is 0 Å². The molecule has 0 spiro atoms. The molecule has 34 heavy (non-hydrogen) atoms. The van der Waals surface area contributed by atoms with E-state index in [1.165, 1.54) is 4.68 Å². The number of aliphatic hydroxyl groups is 2. The normalized spacial score (nSPS) is 13.5. The van der Waals surface area contributed by atoms with E-state index in [1.807, 2.05) is 49.4 Å². The number of aliphatic hydroxyl groups excluding tert-OH is 2. The number of hydrogen-bond donors (Lipinski definition) is 2. The molecule has 0 aliphatic heterocycles. The monoisotopic (exact) mass is 507 g/mol. The number of halogens is 2. The molecule has 2 atom stereocenters. The highest BCUT2D eigenvalue weighted by atomic mass is 35.5. The van der Waals surface area contributed by atoms with Gasteiger partial charge < -0.3 is 19.7 Å². The second-order valence-electron chi connectivity index (χ2n) is 8.92. The maximum atomic E-state index is 10.2. The summed E-state index contributed by atoms with van der Waals surface area (Å²) in [5, 5.41) is 27.5. The summed E-state index contributed by atoms with van der Waals surface area (Å²) in [5.41, 5.74) is 2.33. The first-order valence-corrected chi connectivity index (χ1v) is 12.0. The Hall–Kier alpha value is -2.32. The molecular weight excluding hydrogens is 477 g/mol. The standard InChI is InChI=1S/C25H31Cl2N3O4/c1-17(11-26)15-34-24-9-6-19(10-23(24)27)25(2,3)18-4-7-22(8-5-18)33-16-21(32)13-30-12-20(14-31)28-29-30/h4-10,12,17,21,31-32H,11,13-16H2,1-3H3/t17-,21-/m0/s1. The highest BCUT2D eigenvalue weighted by Gasteiger charge is 2.24. The highest BCUT2D eigenvalue weighted by molar-refractivity contribution is 6.32. The summed E-state index contributed by atoms with van der Waals surface area (Å²) in [4.78, 5) is 0. The van der Waals surface area contributed by atoms with Crippen molar-refractivity contribution in [3.8, 4) is 11.5 Å². The number of alkyl halides is 1. The molecule has 0 radical (unpaired) electrons. The van der Waals surface area contributed by atoms with Gasteiger partial charge in [-0.15, -0.1) is 16.7 Å². The van der Waals surface area contributed by atoms with Crippen LogP contribution >= 0.6 is 23.2 Å². The van der Waals surface area contributed by atoms with E-state index in [9.17, 15) is 5.11 Å². The lowest BCUT2D eigenvalue weighted by Gasteiger charge is -2.27. The number of rotatable bonds is 12. The summed E-state index contributed by atoms with van der Waals surface area (Å²) >= 11 is 12.3. The number of aromatic nitrogens is 3. The third-order valence-corrected chi connectivity index (χ3v) is 6.43. The van der Waals surface area contributed by atoms with Gasteiger partial charge in [-0.3, -0.25) is 0 Å². The summed E-state index contributed by atoms with van der Waals surface area (Å²) in [6, 6.07) is 13.7. The van der Waals surface area contributed by atoms with E-state index in [1.54, 1.807) is 6.20 Å². The van der Waals surface area contributed by atoms with E-state index in [0.717, 1.165) is 11.1 Å². The van der Waals surface area contributed by atoms with Crippen LogP contribution in [0.5, 0.6) is 11.5 Å². The average Bonchev–Trinajstić information content (AvgIpc) is 3.29. The molecule has 2 aromatic carbocycles. The van der Waals surface area contributed by atoms with Crippen LogP contribution in [0.1, 0.15) is 37.6 Å². The fraction of sp³-hybridized carbons (Fsp3) is 0.440. The molecule has 2 N–H and O–H groups in total. The van der Waals surface area contributed by atoms with Crippen LogP contribution < -0.4 is 9.47 Å². The predicted molar refractivity (Wildman–Crippen MR) is 133 cm³/mol. The zero-order chi connectivity index (χ0) is 24.7. The van der Waals surface area contributed by atoms with Crippen molar-refractivity contribution in [2.45, 2.75) is 45.4 Å². The molecule has 0 unspecified atom stereocenters. The number of nitrogens with zero attached hydrogens (tertiary/aromatic N) is 3. The van der Waals surface area contributed by atoms with Crippen molar-refractivity contribution < 1.29 is 19.7 Å². The summed E-state index contributed by atoms with van der Waals surface area (Å²) < 4.78 is 13.0. The van der Waals surface area contributed by atoms with Crippen LogP contribution in [0.3, 0.4) is 0 Å². The van der Waals surface area contributed by atoms with Gasteiger partial charge in [0.1, 0.15) is 29.9 Å².